The number of nitrogens with one attached hydrogen (secondary N) is 3. The number of aromatic amines is 1. The molecule has 3 aliphatic rings. The lowest BCUT2D eigenvalue weighted by atomic mass is 10.00. The standard InChI is InChI=1S/C25H30N6O3/c1-2-20(32)31-9-3-4-17(13-31)28-23-21(24(27)29-30-25(23)33)22(26)14-5-7-18(8-6-14)34-19-11-15-10-16(15)12-19/h2,5-8,15-17,19,26H,1,3-4,9-13H2,(H,30,33)(H3,27,28,29). The first-order valence-electron chi connectivity index (χ1n) is 11.8. The van der Waals surface area contributed by atoms with Crippen molar-refractivity contribution in [2.75, 3.05) is 24.1 Å². The summed E-state index contributed by atoms with van der Waals surface area (Å²) in [5.41, 5.74) is 6.82. The van der Waals surface area contributed by atoms with Gasteiger partial charge in [-0.05, 0) is 74.3 Å². The summed E-state index contributed by atoms with van der Waals surface area (Å²) in [6, 6.07) is 7.18. The van der Waals surface area contributed by atoms with Gasteiger partial charge in [0.1, 0.15) is 11.4 Å². The Morgan fingerprint density at radius 1 is 1.26 bits per heavy atom. The number of aromatic nitrogens is 2. The van der Waals surface area contributed by atoms with Gasteiger partial charge in [-0.2, -0.15) is 5.10 Å². The zero-order valence-electron chi connectivity index (χ0n) is 19.0. The van der Waals surface area contributed by atoms with E-state index in [0.29, 0.717) is 18.7 Å². The SMILES string of the molecule is C=CC(=O)N1CCCC(Nc2c(C(=N)c3ccc(OC4CC5CC5C4)cc3)c(N)n[nH]c2=O)C1. The monoisotopic (exact) mass is 462 g/mol. The van der Waals surface area contributed by atoms with Crippen molar-refractivity contribution in [1.82, 2.24) is 15.1 Å². The summed E-state index contributed by atoms with van der Waals surface area (Å²) in [4.78, 5) is 26.4. The molecule has 9 heteroatoms. The number of nitrogen functional groups attached to an aromatic ring is 1. The predicted octanol–water partition coefficient (Wildman–Crippen LogP) is 2.53. The van der Waals surface area contributed by atoms with Crippen molar-refractivity contribution in [3.05, 3.63) is 58.4 Å². The Bertz CT molecular complexity index is 1160. The molecule has 1 aromatic carbocycles. The molecule has 5 rings (SSSR count). The summed E-state index contributed by atoms with van der Waals surface area (Å²) in [6.45, 7) is 4.64. The van der Waals surface area contributed by atoms with Crippen LogP contribution in [-0.2, 0) is 4.79 Å². The van der Waals surface area contributed by atoms with Crippen molar-refractivity contribution >= 4 is 23.1 Å². The minimum absolute atomic E-state index is 0.0624. The number of H-pyrrole nitrogens is 1. The number of hydrogen-bond donors (Lipinski definition) is 4. The molecule has 2 aliphatic carbocycles. The first kappa shape index (κ1) is 22.2. The van der Waals surface area contributed by atoms with Gasteiger partial charge < -0.3 is 20.7 Å². The molecule has 0 radical (unpaired) electrons. The van der Waals surface area contributed by atoms with E-state index in [1.54, 1.807) is 4.90 Å². The van der Waals surface area contributed by atoms with E-state index in [2.05, 4.69) is 22.1 Å². The fraction of sp³-hybridized carbons (Fsp3) is 0.440. The molecule has 3 unspecified atom stereocenters. The van der Waals surface area contributed by atoms with Gasteiger partial charge in [-0.3, -0.25) is 15.0 Å². The number of rotatable bonds is 7. The Hall–Kier alpha value is -3.62. The molecule has 1 aromatic heterocycles. The quantitative estimate of drug-likeness (QED) is 0.369. The average Bonchev–Trinajstić information content (AvgIpc) is 3.46. The maximum atomic E-state index is 12.7. The maximum Gasteiger partial charge on any atom is 0.288 e. The summed E-state index contributed by atoms with van der Waals surface area (Å²) in [5, 5.41) is 18.3. The van der Waals surface area contributed by atoms with Crippen molar-refractivity contribution in [3.8, 4) is 5.75 Å². The van der Waals surface area contributed by atoms with Crippen LogP contribution in [0.2, 0.25) is 0 Å². The van der Waals surface area contributed by atoms with Crippen molar-refractivity contribution in [1.29, 1.82) is 5.41 Å². The molecular formula is C25H30N6O3. The van der Waals surface area contributed by atoms with E-state index in [-0.39, 0.29) is 40.8 Å². The number of carbonyl (C=O) groups is 1. The van der Waals surface area contributed by atoms with Crippen LogP contribution in [0.4, 0.5) is 11.5 Å². The second-order valence-corrected chi connectivity index (χ2v) is 9.53. The number of nitrogens with two attached hydrogens (primary N) is 1. The molecule has 1 amide bonds. The maximum absolute atomic E-state index is 12.7. The van der Waals surface area contributed by atoms with Gasteiger partial charge in [0.2, 0.25) is 5.91 Å². The largest absolute Gasteiger partial charge is 0.490 e. The van der Waals surface area contributed by atoms with Crippen molar-refractivity contribution in [3.63, 3.8) is 0 Å². The number of ether oxygens (including phenoxy) is 1. The molecule has 3 fully saturated rings. The van der Waals surface area contributed by atoms with Crippen molar-refractivity contribution in [2.24, 2.45) is 11.8 Å². The smallest absolute Gasteiger partial charge is 0.288 e. The molecule has 0 spiro atoms. The van der Waals surface area contributed by atoms with E-state index in [9.17, 15) is 9.59 Å². The van der Waals surface area contributed by atoms with Crippen LogP contribution in [0, 0.1) is 17.2 Å². The zero-order chi connectivity index (χ0) is 23.8. The lowest BCUT2D eigenvalue weighted by Crippen LogP contribution is -2.45. The fourth-order valence-corrected chi connectivity index (χ4v) is 5.28. The van der Waals surface area contributed by atoms with E-state index in [1.165, 1.54) is 12.5 Å². The number of amides is 1. The fourth-order valence-electron chi connectivity index (χ4n) is 5.28. The summed E-state index contributed by atoms with van der Waals surface area (Å²) in [6.07, 6.45) is 6.76. The number of anilines is 2. The van der Waals surface area contributed by atoms with Gasteiger partial charge in [0.05, 0.1) is 17.4 Å². The second-order valence-electron chi connectivity index (χ2n) is 9.53. The van der Waals surface area contributed by atoms with Crippen LogP contribution in [-0.4, -0.2) is 52.0 Å². The minimum Gasteiger partial charge on any atom is -0.490 e. The number of carbonyl (C=O) groups excluding carboxylic acids is 1. The molecule has 34 heavy (non-hydrogen) atoms. The van der Waals surface area contributed by atoms with Crippen LogP contribution in [0.15, 0.2) is 41.7 Å². The Balaban J connectivity index is 1.34. The normalized spacial score (nSPS) is 25.4. The van der Waals surface area contributed by atoms with E-state index in [1.807, 2.05) is 24.3 Å². The molecule has 0 bridgehead atoms. The van der Waals surface area contributed by atoms with Crippen LogP contribution in [0.3, 0.4) is 0 Å². The highest BCUT2D eigenvalue weighted by atomic mass is 16.5. The van der Waals surface area contributed by atoms with Crippen LogP contribution >= 0.6 is 0 Å². The van der Waals surface area contributed by atoms with Crippen LogP contribution in [0.5, 0.6) is 5.75 Å². The number of fused-ring (bicyclic) bond motifs is 1. The van der Waals surface area contributed by atoms with Gasteiger partial charge in [-0.25, -0.2) is 5.10 Å². The average molecular weight is 463 g/mol. The van der Waals surface area contributed by atoms with E-state index >= 15 is 0 Å². The Labute approximate surface area is 197 Å². The Morgan fingerprint density at radius 3 is 2.71 bits per heavy atom. The van der Waals surface area contributed by atoms with Gasteiger partial charge in [-0.1, -0.05) is 6.58 Å². The number of piperidine rings is 1. The third-order valence-electron chi connectivity index (χ3n) is 7.16. The molecule has 9 nitrogen and oxygen atoms in total. The molecular weight excluding hydrogens is 432 g/mol. The van der Waals surface area contributed by atoms with E-state index in [0.717, 1.165) is 43.3 Å². The third-order valence-corrected chi connectivity index (χ3v) is 7.16. The third kappa shape index (κ3) is 4.42. The molecule has 2 saturated carbocycles. The highest BCUT2D eigenvalue weighted by molar-refractivity contribution is 6.16. The molecule has 1 saturated heterocycles. The first-order valence-corrected chi connectivity index (χ1v) is 11.8. The van der Waals surface area contributed by atoms with Gasteiger partial charge >= 0.3 is 0 Å². The number of likely N-dealkylation sites (tertiary alicyclic amines) is 1. The lowest BCUT2D eigenvalue weighted by Gasteiger charge is -2.33. The van der Waals surface area contributed by atoms with E-state index in [4.69, 9.17) is 15.9 Å². The number of benzene rings is 1. The Morgan fingerprint density at radius 2 is 2.00 bits per heavy atom. The lowest BCUT2D eigenvalue weighted by molar-refractivity contribution is -0.127. The molecule has 5 N–H and O–H groups in total. The predicted molar refractivity (Wildman–Crippen MR) is 130 cm³/mol. The molecule has 1 aliphatic heterocycles. The molecule has 2 aromatic rings. The highest BCUT2D eigenvalue weighted by Gasteiger charge is 2.46. The van der Waals surface area contributed by atoms with Gasteiger partial charge in [-0.15, -0.1) is 0 Å². The minimum atomic E-state index is -0.458. The van der Waals surface area contributed by atoms with Gasteiger partial charge in [0, 0.05) is 24.7 Å². The zero-order valence-corrected chi connectivity index (χ0v) is 19.0. The van der Waals surface area contributed by atoms with Crippen LogP contribution in [0.25, 0.3) is 0 Å². The van der Waals surface area contributed by atoms with Crippen LogP contribution < -0.4 is 21.3 Å². The molecule has 178 valence electrons. The Kier molecular flexibility index (Phi) is 5.85. The summed E-state index contributed by atoms with van der Waals surface area (Å²) < 4.78 is 6.11. The van der Waals surface area contributed by atoms with E-state index < -0.39 is 5.56 Å². The molecule has 3 atom stereocenters. The first-order chi connectivity index (χ1) is 16.4. The number of hydrogen-bond acceptors (Lipinski definition) is 7. The van der Waals surface area contributed by atoms with Crippen molar-refractivity contribution in [2.45, 2.75) is 44.2 Å². The van der Waals surface area contributed by atoms with Crippen LogP contribution in [0.1, 0.15) is 43.2 Å². The van der Waals surface area contributed by atoms with Crippen molar-refractivity contribution < 1.29 is 9.53 Å². The van der Waals surface area contributed by atoms with Gasteiger partial charge in [0.25, 0.3) is 5.56 Å². The second kappa shape index (κ2) is 8.96. The summed E-state index contributed by atoms with van der Waals surface area (Å²) in [5.74, 6) is 2.40. The summed E-state index contributed by atoms with van der Waals surface area (Å²) >= 11 is 0. The summed E-state index contributed by atoms with van der Waals surface area (Å²) in [7, 11) is 0. The van der Waals surface area contributed by atoms with Gasteiger partial charge in [0.15, 0.2) is 5.82 Å². The topological polar surface area (TPSA) is 137 Å². The number of nitrogens with zero attached hydrogens (tertiary/aromatic N) is 2. The molecule has 2 heterocycles. The highest BCUT2D eigenvalue weighted by Crippen LogP contribution is 2.52.